The Morgan fingerprint density at radius 3 is 2.80 bits per heavy atom. The van der Waals surface area contributed by atoms with Gasteiger partial charge in [0, 0.05) is 19.2 Å². The quantitative estimate of drug-likeness (QED) is 0.528. The Morgan fingerprint density at radius 1 is 1.17 bits per heavy atom. The van der Waals surface area contributed by atoms with Gasteiger partial charge in [0.05, 0.1) is 23.2 Å². The molecule has 1 aliphatic heterocycles. The molecule has 30 heavy (non-hydrogen) atoms. The highest BCUT2D eigenvalue weighted by Crippen LogP contribution is 2.39. The van der Waals surface area contributed by atoms with Crippen LogP contribution in [0.3, 0.4) is 0 Å². The van der Waals surface area contributed by atoms with Crippen molar-refractivity contribution in [2.24, 2.45) is 5.92 Å². The van der Waals surface area contributed by atoms with Crippen molar-refractivity contribution < 1.29 is 17.9 Å². The fourth-order valence-corrected chi connectivity index (χ4v) is 4.33. The van der Waals surface area contributed by atoms with Gasteiger partial charge >= 0.3 is 6.18 Å². The Balaban J connectivity index is 1.52. The average Bonchev–Trinajstić information content (AvgIpc) is 3.45. The van der Waals surface area contributed by atoms with Crippen molar-refractivity contribution in [3.05, 3.63) is 35.5 Å². The topological polar surface area (TPSA) is 74.9 Å². The Bertz CT molecular complexity index is 1070. The number of hydrogen-bond acceptors (Lipinski definition) is 5. The molecule has 1 fully saturated rings. The van der Waals surface area contributed by atoms with Crippen molar-refractivity contribution in [2.45, 2.75) is 38.3 Å². The summed E-state index contributed by atoms with van der Waals surface area (Å²) in [6.07, 6.45) is 1.77. The largest absolute Gasteiger partial charge is 0.491 e. The summed E-state index contributed by atoms with van der Waals surface area (Å²) in [4.78, 5) is 11.4. The molecule has 0 bridgehead atoms. The predicted molar refractivity (Wildman–Crippen MR) is 108 cm³/mol. The van der Waals surface area contributed by atoms with E-state index < -0.39 is 11.7 Å². The van der Waals surface area contributed by atoms with Gasteiger partial charge < -0.3 is 20.4 Å². The van der Waals surface area contributed by atoms with Crippen molar-refractivity contribution in [1.82, 2.24) is 15.0 Å². The van der Waals surface area contributed by atoms with Crippen molar-refractivity contribution in [3.63, 3.8) is 0 Å². The molecule has 5 rings (SSSR count). The van der Waals surface area contributed by atoms with Crippen molar-refractivity contribution in [2.75, 3.05) is 23.8 Å². The SMILES string of the molecule is FC(F)(F)c1c[nH]c2nc(Nc3cccc4c3OCC4)nc(NCC3CCCC3)c12. The first-order valence-electron chi connectivity index (χ1n) is 10.2. The average molecular weight is 417 g/mol. The number of aromatic nitrogens is 3. The normalized spacial score (nSPS) is 16.6. The van der Waals surface area contributed by atoms with Crippen LogP contribution in [0, 0.1) is 5.92 Å². The first-order chi connectivity index (χ1) is 14.5. The molecule has 3 aromatic rings. The molecule has 1 saturated carbocycles. The van der Waals surface area contributed by atoms with E-state index in [0.29, 0.717) is 24.8 Å². The number of benzene rings is 1. The minimum Gasteiger partial charge on any atom is -0.491 e. The van der Waals surface area contributed by atoms with E-state index in [1.807, 2.05) is 18.2 Å². The van der Waals surface area contributed by atoms with Gasteiger partial charge in [0.15, 0.2) is 0 Å². The van der Waals surface area contributed by atoms with E-state index in [9.17, 15) is 13.2 Å². The molecule has 0 amide bonds. The van der Waals surface area contributed by atoms with Crippen molar-refractivity contribution in [3.8, 4) is 5.75 Å². The third kappa shape index (κ3) is 3.53. The van der Waals surface area contributed by atoms with Gasteiger partial charge in [0.25, 0.3) is 0 Å². The zero-order valence-corrected chi connectivity index (χ0v) is 16.3. The van der Waals surface area contributed by atoms with Gasteiger partial charge in [-0.2, -0.15) is 23.1 Å². The molecule has 2 aliphatic rings. The number of nitrogens with zero attached hydrogens (tertiary/aromatic N) is 2. The number of hydrogen-bond donors (Lipinski definition) is 3. The highest BCUT2D eigenvalue weighted by Gasteiger charge is 2.35. The van der Waals surface area contributed by atoms with Crippen molar-refractivity contribution >= 4 is 28.5 Å². The minimum absolute atomic E-state index is 0.0272. The lowest BCUT2D eigenvalue weighted by atomic mass is 10.1. The zero-order valence-electron chi connectivity index (χ0n) is 16.3. The number of H-pyrrole nitrogens is 1. The molecule has 158 valence electrons. The Labute approximate surface area is 171 Å². The molecule has 2 aromatic heterocycles. The number of para-hydroxylation sites is 1. The summed E-state index contributed by atoms with van der Waals surface area (Å²) in [5.41, 5.74) is 1.16. The maximum Gasteiger partial charge on any atom is 0.418 e. The molecular weight excluding hydrogens is 395 g/mol. The summed E-state index contributed by atoms with van der Waals surface area (Å²) in [7, 11) is 0. The number of alkyl halides is 3. The molecule has 0 unspecified atom stereocenters. The van der Waals surface area contributed by atoms with Crippen LogP contribution < -0.4 is 15.4 Å². The predicted octanol–water partition coefficient (Wildman–Crippen LogP) is 5.26. The van der Waals surface area contributed by atoms with Crippen LogP contribution in [-0.2, 0) is 12.6 Å². The van der Waals surface area contributed by atoms with E-state index in [-0.39, 0.29) is 22.8 Å². The number of rotatable bonds is 5. The molecule has 3 heterocycles. The van der Waals surface area contributed by atoms with Gasteiger partial charge in [0.1, 0.15) is 17.2 Å². The van der Waals surface area contributed by atoms with E-state index in [1.165, 1.54) is 0 Å². The first kappa shape index (κ1) is 19.0. The number of fused-ring (bicyclic) bond motifs is 2. The number of halogens is 3. The van der Waals surface area contributed by atoms with Crippen LogP contribution in [0.1, 0.15) is 36.8 Å². The van der Waals surface area contributed by atoms with Crippen LogP contribution in [0.25, 0.3) is 11.0 Å². The Morgan fingerprint density at radius 2 is 2.00 bits per heavy atom. The van der Waals surface area contributed by atoms with Gasteiger partial charge in [0.2, 0.25) is 5.95 Å². The lowest BCUT2D eigenvalue weighted by Gasteiger charge is -2.15. The standard InChI is InChI=1S/C21H22F3N5O/c22-21(23,24)14-11-26-19-16(14)18(25-10-12-4-1-2-5-12)28-20(29-19)27-15-7-3-6-13-8-9-30-17(13)15/h3,6-7,11-12H,1-2,4-5,8-10H2,(H3,25,26,27,28,29). The van der Waals surface area contributed by atoms with E-state index >= 15 is 0 Å². The summed E-state index contributed by atoms with van der Waals surface area (Å²) in [5.74, 6) is 1.60. The molecule has 9 heteroatoms. The fourth-order valence-electron chi connectivity index (χ4n) is 4.33. The monoisotopic (exact) mass is 417 g/mol. The van der Waals surface area contributed by atoms with E-state index in [0.717, 1.165) is 49.6 Å². The third-order valence-electron chi connectivity index (χ3n) is 5.83. The molecule has 6 nitrogen and oxygen atoms in total. The number of aromatic amines is 1. The van der Waals surface area contributed by atoms with Gasteiger partial charge in [-0.05, 0) is 30.4 Å². The molecule has 3 N–H and O–H groups in total. The van der Waals surface area contributed by atoms with Gasteiger partial charge in [-0.25, -0.2) is 0 Å². The fraction of sp³-hybridized carbons (Fsp3) is 0.429. The lowest BCUT2D eigenvalue weighted by Crippen LogP contribution is -2.14. The molecule has 0 spiro atoms. The summed E-state index contributed by atoms with van der Waals surface area (Å²) >= 11 is 0. The first-order valence-corrected chi connectivity index (χ1v) is 10.2. The number of nitrogens with one attached hydrogen (secondary N) is 3. The number of anilines is 3. The number of ether oxygens (including phenoxy) is 1. The van der Waals surface area contributed by atoms with Crippen LogP contribution in [0.2, 0.25) is 0 Å². The minimum atomic E-state index is -4.49. The lowest BCUT2D eigenvalue weighted by molar-refractivity contribution is -0.136. The summed E-state index contributed by atoms with van der Waals surface area (Å²) in [6.45, 7) is 1.20. The molecule has 0 atom stereocenters. The second-order valence-corrected chi connectivity index (χ2v) is 7.87. The van der Waals surface area contributed by atoms with Crippen LogP contribution in [-0.4, -0.2) is 28.1 Å². The van der Waals surface area contributed by atoms with Gasteiger partial charge in [-0.1, -0.05) is 25.0 Å². The van der Waals surface area contributed by atoms with Crippen LogP contribution in [0.5, 0.6) is 5.75 Å². The zero-order chi connectivity index (χ0) is 20.7. The molecular formula is C21H22F3N5O. The molecule has 0 saturated heterocycles. The third-order valence-corrected chi connectivity index (χ3v) is 5.83. The van der Waals surface area contributed by atoms with Crippen molar-refractivity contribution in [1.29, 1.82) is 0 Å². The molecule has 1 aromatic carbocycles. The summed E-state index contributed by atoms with van der Waals surface area (Å²) in [6, 6.07) is 5.75. The van der Waals surface area contributed by atoms with E-state index in [2.05, 4.69) is 25.6 Å². The second kappa shape index (κ2) is 7.37. The van der Waals surface area contributed by atoms with Gasteiger partial charge in [-0.15, -0.1) is 0 Å². The Hall–Kier alpha value is -2.97. The van der Waals surface area contributed by atoms with Crippen LogP contribution in [0.15, 0.2) is 24.4 Å². The van der Waals surface area contributed by atoms with E-state index in [1.54, 1.807) is 0 Å². The second-order valence-electron chi connectivity index (χ2n) is 7.87. The Kier molecular flexibility index (Phi) is 4.67. The highest BCUT2D eigenvalue weighted by molar-refractivity contribution is 5.92. The highest BCUT2D eigenvalue weighted by atomic mass is 19.4. The van der Waals surface area contributed by atoms with Crippen LogP contribution >= 0.6 is 0 Å². The molecule has 1 aliphatic carbocycles. The van der Waals surface area contributed by atoms with Gasteiger partial charge in [-0.3, -0.25) is 0 Å². The van der Waals surface area contributed by atoms with E-state index in [4.69, 9.17) is 4.74 Å². The maximum absolute atomic E-state index is 13.5. The molecule has 0 radical (unpaired) electrons. The van der Waals surface area contributed by atoms with Crippen LogP contribution in [0.4, 0.5) is 30.6 Å². The summed E-state index contributed by atoms with van der Waals surface area (Å²) < 4.78 is 46.3. The summed E-state index contributed by atoms with van der Waals surface area (Å²) in [5, 5.41) is 6.26. The maximum atomic E-state index is 13.5. The smallest absolute Gasteiger partial charge is 0.418 e.